The van der Waals surface area contributed by atoms with Gasteiger partial charge in [-0.1, -0.05) is 5.21 Å². The molecule has 0 unspecified atom stereocenters. The standard InChI is InChI=1S/C7H10ClN3S/c8-3-6-4-11(10-9-6)7-1-2-12-5-7/h4,7H,1-3,5H2/t7-/m0/s1. The summed E-state index contributed by atoms with van der Waals surface area (Å²) in [4.78, 5) is 0. The van der Waals surface area contributed by atoms with Gasteiger partial charge in [-0.15, -0.1) is 16.7 Å². The van der Waals surface area contributed by atoms with Gasteiger partial charge in [-0.05, 0) is 12.2 Å². The Labute approximate surface area is 80.5 Å². The Hall–Kier alpha value is -0.220. The molecule has 1 fully saturated rings. The van der Waals surface area contributed by atoms with Gasteiger partial charge >= 0.3 is 0 Å². The van der Waals surface area contributed by atoms with E-state index in [9.17, 15) is 0 Å². The molecular weight excluding hydrogens is 194 g/mol. The average Bonchev–Trinajstić information content (AvgIpc) is 2.75. The summed E-state index contributed by atoms with van der Waals surface area (Å²) in [5.41, 5.74) is 0.869. The summed E-state index contributed by atoms with van der Waals surface area (Å²) in [6.07, 6.45) is 3.15. The smallest absolute Gasteiger partial charge is 0.0974 e. The van der Waals surface area contributed by atoms with Crippen LogP contribution in [-0.4, -0.2) is 26.5 Å². The lowest BCUT2D eigenvalue weighted by Crippen LogP contribution is -2.08. The quantitative estimate of drug-likeness (QED) is 0.686. The number of hydrogen-bond acceptors (Lipinski definition) is 3. The molecule has 3 nitrogen and oxygen atoms in total. The van der Waals surface area contributed by atoms with E-state index in [1.807, 2.05) is 22.6 Å². The predicted octanol–water partition coefficient (Wildman–Crippen LogP) is 1.69. The van der Waals surface area contributed by atoms with E-state index in [1.165, 1.54) is 12.2 Å². The molecule has 5 heteroatoms. The lowest BCUT2D eigenvalue weighted by molar-refractivity contribution is 0.486. The van der Waals surface area contributed by atoms with Crippen LogP contribution in [0.5, 0.6) is 0 Å². The number of halogens is 1. The van der Waals surface area contributed by atoms with E-state index in [0.29, 0.717) is 11.9 Å². The van der Waals surface area contributed by atoms with Crippen molar-refractivity contribution in [2.75, 3.05) is 11.5 Å². The van der Waals surface area contributed by atoms with E-state index in [-0.39, 0.29) is 0 Å². The summed E-state index contributed by atoms with van der Waals surface area (Å²) >= 11 is 7.60. The lowest BCUT2D eigenvalue weighted by Gasteiger charge is -2.05. The zero-order valence-electron chi connectivity index (χ0n) is 6.61. The van der Waals surface area contributed by atoms with Gasteiger partial charge in [0, 0.05) is 5.75 Å². The van der Waals surface area contributed by atoms with Crippen molar-refractivity contribution in [1.82, 2.24) is 15.0 Å². The van der Waals surface area contributed by atoms with Crippen LogP contribution in [0.2, 0.25) is 0 Å². The first-order chi connectivity index (χ1) is 5.90. The van der Waals surface area contributed by atoms with Gasteiger partial charge in [0.25, 0.3) is 0 Å². The van der Waals surface area contributed by atoms with Crippen molar-refractivity contribution in [3.05, 3.63) is 11.9 Å². The predicted molar refractivity (Wildman–Crippen MR) is 50.6 cm³/mol. The molecule has 0 radical (unpaired) electrons. The third kappa shape index (κ3) is 1.59. The second kappa shape index (κ2) is 3.66. The van der Waals surface area contributed by atoms with Crippen molar-refractivity contribution >= 4 is 23.4 Å². The molecule has 0 bridgehead atoms. The van der Waals surface area contributed by atoms with Gasteiger partial charge in [-0.2, -0.15) is 11.8 Å². The number of hydrogen-bond donors (Lipinski definition) is 0. The van der Waals surface area contributed by atoms with Crippen molar-refractivity contribution in [2.45, 2.75) is 18.3 Å². The monoisotopic (exact) mass is 203 g/mol. The fourth-order valence-corrected chi connectivity index (χ4v) is 2.60. The summed E-state index contributed by atoms with van der Waals surface area (Å²) in [6.45, 7) is 0. The number of nitrogens with zero attached hydrogens (tertiary/aromatic N) is 3. The van der Waals surface area contributed by atoms with Gasteiger partial charge in [0.05, 0.1) is 23.8 Å². The first-order valence-corrected chi connectivity index (χ1v) is 5.63. The fourth-order valence-electron chi connectivity index (χ4n) is 1.28. The van der Waals surface area contributed by atoms with Crippen LogP contribution in [0, 0.1) is 0 Å². The zero-order chi connectivity index (χ0) is 8.39. The molecule has 1 saturated heterocycles. The van der Waals surface area contributed by atoms with Crippen LogP contribution in [0.15, 0.2) is 6.20 Å². The third-order valence-corrected chi connectivity index (χ3v) is 3.39. The minimum atomic E-state index is 0.458. The van der Waals surface area contributed by atoms with Gasteiger partial charge in [0.1, 0.15) is 0 Å². The molecular formula is C7H10ClN3S. The van der Waals surface area contributed by atoms with Crippen LogP contribution < -0.4 is 0 Å². The summed E-state index contributed by atoms with van der Waals surface area (Å²) in [5.74, 6) is 2.85. The molecule has 0 N–H and O–H groups in total. The molecule has 0 aromatic carbocycles. The maximum absolute atomic E-state index is 5.63. The number of alkyl halides is 1. The van der Waals surface area contributed by atoms with E-state index < -0.39 is 0 Å². The number of rotatable bonds is 2. The Morgan fingerprint density at radius 3 is 3.25 bits per heavy atom. The molecule has 2 heterocycles. The second-order valence-electron chi connectivity index (χ2n) is 2.84. The van der Waals surface area contributed by atoms with Crippen molar-refractivity contribution < 1.29 is 0 Å². The van der Waals surface area contributed by atoms with Crippen molar-refractivity contribution in [3.8, 4) is 0 Å². The molecule has 0 spiro atoms. The fraction of sp³-hybridized carbons (Fsp3) is 0.714. The molecule has 12 heavy (non-hydrogen) atoms. The van der Waals surface area contributed by atoms with Gasteiger partial charge in [-0.25, -0.2) is 4.68 Å². The summed E-state index contributed by atoms with van der Waals surface area (Å²) in [6, 6.07) is 0.541. The first-order valence-electron chi connectivity index (χ1n) is 3.94. The average molecular weight is 204 g/mol. The van der Waals surface area contributed by atoms with Crippen molar-refractivity contribution in [3.63, 3.8) is 0 Å². The first kappa shape index (κ1) is 8.38. The lowest BCUT2D eigenvalue weighted by atomic mass is 10.3. The second-order valence-corrected chi connectivity index (χ2v) is 4.26. The largest absolute Gasteiger partial charge is 0.248 e. The summed E-state index contributed by atoms with van der Waals surface area (Å²) < 4.78 is 1.94. The summed E-state index contributed by atoms with van der Waals surface area (Å²) in [7, 11) is 0. The van der Waals surface area contributed by atoms with Gasteiger partial charge in [0.15, 0.2) is 0 Å². The highest BCUT2D eigenvalue weighted by Gasteiger charge is 2.18. The van der Waals surface area contributed by atoms with Gasteiger partial charge in [0.2, 0.25) is 0 Å². The molecule has 1 aliphatic heterocycles. The Bertz CT molecular complexity index is 257. The highest BCUT2D eigenvalue weighted by Crippen LogP contribution is 2.26. The van der Waals surface area contributed by atoms with Crippen LogP contribution in [0.3, 0.4) is 0 Å². The van der Waals surface area contributed by atoms with Crippen molar-refractivity contribution in [1.29, 1.82) is 0 Å². The number of thioether (sulfide) groups is 1. The van der Waals surface area contributed by atoms with Crippen LogP contribution >= 0.6 is 23.4 Å². The number of aromatic nitrogens is 3. The van der Waals surface area contributed by atoms with Crippen LogP contribution in [0.4, 0.5) is 0 Å². The van der Waals surface area contributed by atoms with Gasteiger partial charge < -0.3 is 0 Å². The van der Waals surface area contributed by atoms with Crippen molar-refractivity contribution in [2.24, 2.45) is 0 Å². The molecule has 1 aromatic heterocycles. The van der Waals surface area contributed by atoms with Gasteiger partial charge in [-0.3, -0.25) is 0 Å². The SMILES string of the molecule is ClCc1cn([C@H]2CCSC2)nn1. The highest BCUT2D eigenvalue weighted by atomic mass is 35.5. The molecule has 1 aliphatic rings. The maximum atomic E-state index is 5.63. The van der Waals surface area contributed by atoms with E-state index in [2.05, 4.69) is 10.3 Å². The molecule has 0 aliphatic carbocycles. The molecule has 0 saturated carbocycles. The maximum Gasteiger partial charge on any atom is 0.0974 e. The van der Waals surface area contributed by atoms with E-state index in [1.54, 1.807) is 0 Å². The van der Waals surface area contributed by atoms with E-state index in [4.69, 9.17) is 11.6 Å². The Morgan fingerprint density at radius 1 is 1.75 bits per heavy atom. The zero-order valence-corrected chi connectivity index (χ0v) is 8.18. The highest BCUT2D eigenvalue weighted by molar-refractivity contribution is 7.99. The Morgan fingerprint density at radius 2 is 2.67 bits per heavy atom. The van der Waals surface area contributed by atoms with E-state index in [0.717, 1.165) is 11.4 Å². The van der Waals surface area contributed by atoms with Crippen LogP contribution in [0.25, 0.3) is 0 Å². The van der Waals surface area contributed by atoms with Crippen LogP contribution in [0.1, 0.15) is 18.2 Å². The minimum Gasteiger partial charge on any atom is -0.248 e. The molecule has 66 valence electrons. The van der Waals surface area contributed by atoms with Crippen LogP contribution in [-0.2, 0) is 5.88 Å². The summed E-state index contributed by atoms with van der Waals surface area (Å²) in [5, 5.41) is 7.99. The molecule has 1 aromatic rings. The topological polar surface area (TPSA) is 30.7 Å². The molecule has 0 amide bonds. The normalized spacial score (nSPS) is 23.2. The molecule has 1 atom stereocenters. The van der Waals surface area contributed by atoms with E-state index >= 15 is 0 Å². The Kier molecular flexibility index (Phi) is 2.56. The minimum absolute atomic E-state index is 0.458. The Balaban J connectivity index is 2.11. The molecule has 2 rings (SSSR count). The third-order valence-electron chi connectivity index (χ3n) is 1.97.